The Morgan fingerprint density at radius 2 is 0.830 bits per heavy atom. The Balaban J connectivity index is 1.13. The van der Waals surface area contributed by atoms with Gasteiger partial charge in [-0.15, -0.1) is 0 Å². The van der Waals surface area contributed by atoms with E-state index in [4.69, 9.17) is 19.4 Å². The van der Waals surface area contributed by atoms with Gasteiger partial charge in [-0.05, 0) is 51.6 Å². The molecule has 0 saturated heterocycles. The lowest BCUT2D eigenvalue weighted by Gasteiger charge is -2.16. The van der Waals surface area contributed by atoms with Crippen LogP contribution in [0.25, 0.3) is 89.5 Å². The molecule has 2 aromatic heterocycles. The first-order valence-electron chi connectivity index (χ1n) is 18.0. The van der Waals surface area contributed by atoms with Gasteiger partial charge in [0.05, 0.1) is 8.07 Å². The summed E-state index contributed by atoms with van der Waals surface area (Å²) in [6.45, 7) is 7.08. The molecule has 5 heteroatoms. The Labute approximate surface area is 310 Å². The van der Waals surface area contributed by atoms with Gasteiger partial charge in [-0.2, -0.15) is 0 Å². The van der Waals surface area contributed by atoms with Crippen LogP contribution in [0, 0.1) is 0 Å². The Kier molecular flexibility index (Phi) is 8.13. The maximum Gasteiger partial charge on any atom is 0.164 e. The molecule has 254 valence electrons. The number of fused-ring (bicyclic) bond motifs is 3. The van der Waals surface area contributed by atoms with E-state index in [1.165, 1.54) is 21.9 Å². The minimum absolute atomic E-state index is 0.602. The highest BCUT2D eigenvalue weighted by atomic mass is 28.3. The van der Waals surface area contributed by atoms with Gasteiger partial charge in [0.1, 0.15) is 11.2 Å². The van der Waals surface area contributed by atoms with Crippen molar-refractivity contribution in [3.63, 3.8) is 0 Å². The third-order valence-corrected chi connectivity index (χ3v) is 12.0. The van der Waals surface area contributed by atoms with E-state index in [-0.39, 0.29) is 0 Å². The average Bonchev–Trinajstić information content (AvgIpc) is 3.59. The Hall–Kier alpha value is -6.43. The van der Waals surface area contributed by atoms with Crippen LogP contribution < -0.4 is 5.19 Å². The average molecular weight is 700 g/mol. The molecule has 9 aromatic rings. The van der Waals surface area contributed by atoms with Crippen molar-refractivity contribution in [1.82, 2.24) is 15.0 Å². The van der Waals surface area contributed by atoms with Gasteiger partial charge in [-0.25, -0.2) is 15.0 Å². The lowest BCUT2D eigenvalue weighted by atomic mass is 9.96. The Bertz CT molecular complexity index is 2710. The summed E-state index contributed by atoms with van der Waals surface area (Å²) < 4.78 is 6.53. The zero-order valence-corrected chi connectivity index (χ0v) is 30.9. The number of hydrogen-bond acceptors (Lipinski definition) is 4. The van der Waals surface area contributed by atoms with E-state index in [1.54, 1.807) is 0 Å². The summed E-state index contributed by atoms with van der Waals surface area (Å²) in [6, 6.07) is 59.4. The van der Waals surface area contributed by atoms with E-state index in [2.05, 4.69) is 171 Å². The second kappa shape index (κ2) is 13.3. The molecule has 0 spiro atoms. The van der Waals surface area contributed by atoms with Crippen LogP contribution in [0.2, 0.25) is 19.6 Å². The monoisotopic (exact) mass is 699 g/mol. The molecule has 0 aliphatic rings. The minimum atomic E-state index is -1.46. The first kappa shape index (κ1) is 32.5. The van der Waals surface area contributed by atoms with Crippen molar-refractivity contribution >= 4 is 35.2 Å². The van der Waals surface area contributed by atoms with Crippen LogP contribution in [0.4, 0.5) is 0 Å². The highest BCUT2D eigenvalue weighted by Gasteiger charge is 2.19. The largest absolute Gasteiger partial charge is 0.456 e. The molecule has 0 amide bonds. The van der Waals surface area contributed by atoms with Crippen molar-refractivity contribution in [2.75, 3.05) is 0 Å². The van der Waals surface area contributed by atoms with Gasteiger partial charge < -0.3 is 4.42 Å². The smallest absolute Gasteiger partial charge is 0.164 e. The Morgan fingerprint density at radius 1 is 0.377 bits per heavy atom. The summed E-state index contributed by atoms with van der Waals surface area (Å²) >= 11 is 0. The van der Waals surface area contributed by atoms with Gasteiger partial charge in [0.15, 0.2) is 17.5 Å². The molecule has 0 fully saturated rings. The standard InChI is InChI=1S/C48H37N3OSi/c1-53(2,3)40-28-25-38(26-29-40)47-49-46(37-23-19-35(20-24-37)33-13-8-5-9-14-33)50-48(51-47)39-27-30-42-44(31-39)52-43-16-10-15-41(45(42)43)36-21-17-34(18-22-36)32-11-6-4-7-12-32/h4-31H,1-3H3. The van der Waals surface area contributed by atoms with Crippen molar-refractivity contribution in [1.29, 1.82) is 0 Å². The highest BCUT2D eigenvalue weighted by molar-refractivity contribution is 6.88. The lowest BCUT2D eigenvalue weighted by molar-refractivity contribution is 0.669. The lowest BCUT2D eigenvalue weighted by Crippen LogP contribution is -2.37. The summed E-state index contributed by atoms with van der Waals surface area (Å²) in [5, 5.41) is 3.55. The van der Waals surface area contributed by atoms with Crippen molar-refractivity contribution < 1.29 is 4.42 Å². The van der Waals surface area contributed by atoms with Crippen molar-refractivity contribution in [2.45, 2.75) is 19.6 Å². The molecule has 0 aliphatic carbocycles. The van der Waals surface area contributed by atoms with Crippen molar-refractivity contribution in [3.8, 4) is 67.5 Å². The van der Waals surface area contributed by atoms with Gasteiger partial charge in [0.25, 0.3) is 0 Å². The second-order valence-corrected chi connectivity index (χ2v) is 19.6. The molecule has 2 heterocycles. The van der Waals surface area contributed by atoms with Crippen LogP contribution >= 0.6 is 0 Å². The van der Waals surface area contributed by atoms with Crippen LogP contribution in [-0.4, -0.2) is 23.0 Å². The van der Waals surface area contributed by atoms with Crippen LogP contribution in [0.3, 0.4) is 0 Å². The van der Waals surface area contributed by atoms with Gasteiger partial charge in [0, 0.05) is 27.5 Å². The summed E-state index contributed by atoms with van der Waals surface area (Å²) in [5.41, 5.74) is 11.4. The maximum absolute atomic E-state index is 6.53. The molecule has 0 N–H and O–H groups in total. The number of rotatable bonds is 7. The fraction of sp³-hybridized carbons (Fsp3) is 0.0625. The fourth-order valence-electron chi connectivity index (χ4n) is 7.00. The predicted molar refractivity (Wildman–Crippen MR) is 223 cm³/mol. The molecule has 0 bridgehead atoms. The molecular formula is C48H37N3OSi. The quantitative estimate of drug-likeness (QED) is 0.155. The third kappa shape index (κ3) is 6.37. The molecule has 0 atom stereocenters. The van der Waals surface area contributed by atoms with E-state index in [0.717, 1.165) is 55.3 Å². The highest BCUT2D eigenvalue weighted by Crippen LogP contribution is 2.39. The number of hydrogen-bond donors (Lipinski definition) is 0. The zero-order valence-electron chi connectivity index (χ0n) is 29.9. The second-order valence-electron chi connectivity index (χ2n) is 14.5. The number of furan rings is 1. The van der Waals surface area contributed by atoms with Crippen molar-refractivity contribution in [2.24, 2.45) is 0 Å². The van der Waals surface area contributed by atoms with Crippen LogP contribution in [-0.2, 0) is 0 Å². The first-order valence-corrected chi connectivity index (χ1v) is 21.5. The number of benzene rings is 7. The maximum atomic E-state index is 6.53. The number of nitrogens with zero attached hydrogens (tertiary/aromatic N) is 3. The first-order chi connectivity index (χ1) is 25.9. The zero-order chi connectivity index (χ0) is 35.9. The Morgan fingerprint density at radius 3 is 1.38 bits per heavy atom. The van der Waals surface area contributed by atoms with E-state index in [0.29, 0.717) is 17.5 Å². The van der Waals surface area contributed by atoms with E-state index < -0.39 is 8.07 Å². The van der Waals surface area contributed by atoms with Gasteiger partial charge in [-0.1, -0.05) is 176 Å². The molecule has 4 nitrogen and oxygen atoms in total. The van der Waals surface area contributed by atoms with Gasteiger partial charge >= 0.3 is 0 Å². The molecule has 53 heavy (non-hydrogen) atoms. The SMILES string of the molecule is C[Si](C)(C)c1ccc(-c2nc(-c3ccc(-c4ccccc4)cc3)nc(-c3ccc4c(c3)oc3cccc(-c5ccc(-c6ccccc6)cc5)c34)n2)cc1. The predicted octanol–water partition coefficient (Wildman–Crippen LogP) is 12.3. The molecule has 0 unspecified atom stereocenters. The molecule has 0 radical (unpaired) electrons. The van der Waals surface area contributed by atoms with Gasteiger partial charge in [0.2, 0.25) is 0 Å². The topological polar surface area (TPSA) is 51.8 Å². The van der Waals surface area contributed by atoms with E-state index in [9.17, 15) is 0 Å². The molecule has 0 aliphatic heterocycles. The fourth-order valence-corrected chi connectivity index (χ4v) is 8.17. The molecule has 7 aromatic carbocycles. The summed E-state index contributed by atoms with van der Waals surface area (Å²) in [4.78, 5) is 15.2. The van der Waals surface area contributed by atoms with Gasteiger partial charge in [-0.3, -0.25) is 0 Å². The molecule has 0 saturated carbocycles. The molecular weight excluding hydrogens is 663 g/mol. The number of aromatic nitrogens is 3. The van der Waals surface area contributed by atoms with Crippen LogP contribution in [0.1, 0.15) is 0 Å². The summed E-state index contributed by atoms with van der Waals surface area (Å²) in [5.74, 6) is 1.88. The van der Waals surface area contributed by atoms with E-state index in [1.807, 2.05) is 18.2 Å². The van der Waals surface area contributed by atoms with Crippen LogP contribution in [0.5, 0.6) is 0 Å². The normalized spacial score (nSPS) is 11.7. The van der Waals surface area contributed by atoms with Crippen LogP contribution in [0.15, 0.2) is 174 Å². The summed E-state index contributed by atoms with van der Waals surface area (Å²) in [7, 11) is -1.46. The molecule has 9 rings (SSSR count). The van der Waals surface area contributed by atoms with E-state index >= 15 is 0 Å². The third-order valence-electron chi connectivity index (χ3n) is 9.95. The summed E-state index contributed by atoms with van der Waals surface area (Å²) in [6.07, 6.45) is 0. The minimum Gasteiger partial charge on any atom is -0.456 e. The van der Waals surface area contributed by atoms with Crippen molar-refractivity contribution in [3.05, 3.63) is 170 Å².